The maximum Gasteiger partial charge on any atom is 0.414 e. The Bertz CT molecular complexity index is 892. The molecule has 7 nitrogen and oxygen atoms in total. The predicted molar refractivity (Wildman–Crippen MR) is 108 cm³/mol. The van der Waals surface area contributed by atoms with Gasteiger partial charge < -0.3 is 15.4 Å². The Morgan fingerprint density at radius 3 is 2.83 bits per heavy atom. The number of anilines is 1. The van der Waals surface area contributed by atoms with E-state index < -0.39 is 18.0 Å². The van der Waals surface area contributed by atoms with E-state index in [4.69, 9.17) is 4.74 Å². The van der Waals surface area contributed by atoms with E-state index in [0.717, 1.165) is 5.69 Å². The predicted octanol–water partition coefficient (Wildman–Crippen LogP) is 2.80. The molecule has 0 bridgehead atoms. The molecule has 160 valence electrons. The summed E-state index contributed by atoms with van der Waals surface area (Å²) in [6.07, 6.45) is 0.967. The van der Waals surface area contributed by atoms with Crippen molar-refractivity contribution in [2.75, 3.05) is 31.2 Å². The van der Waals surface area contributed by atoms with Gasteiger partial charge in [0.15, 0.2) is 0 Å². The fraction of sp³-hybridized carbons (Fsp3) is 0.381. The van der Waals surface area contributed by atoms with Crippen LogP contribution in [0.25, 0.3) is 11.1 Å². The van der Waals surface area contributed by atoms with E-state index in [1.54, 1.807) is 30.5 Å². The first-order valence-corrected chi connectivity index (χ1v) is 9.72. The van der Waals surface area contributed by atoms with Gasteiger partial charge in [-0.3, -0.25) is 19.1 Å². The molecule has 2 N–H and O–H groups in total. The molecular weight excluding hydrogens is 394 g/mol. The third-order valence-corrected chi connectivity index (χ3v) is 4.65. The van der Waals surface area contributed by atoms with E-state index in [2.05, 4.69) is 15.6 Å². The molecule has 1 atom stereocenters. The van der Waals surface area contributed by atoms with Crippen molar-refractivity contribution in [1.29, 1.82) is 0 Å². The zero-order valence-electron chi connectivity index (χ0n) is 16.7. The number of aromatic nitrogens is 1. The lowest BCUT2D eigenvalue weighted by atomic mass is 10.1. The molecule has 1 aliphatic rings. The number of nitrogens with one attached hydrogen (secondary N) is 2. The first-order chi connectivity index (χ1) is 14.5. The lowest BCUT2D eigenvalue weighted by Gasteiger charge is -2.14. The van der Waals surface area contributed by atoms with Crippen molar-refractivity contribution in [2.45, 2.75) is 26.0 Å². The minimum Gasteiger partial charge on any atom is -0.442 e. The topological polar surface area (TPSA) is 83.6 Å². The second kappa shape index (κ2) is 10.1. The number of amides is 2. The van der Waals surface area contributed by atoms with Crippen molar-refractivity contribution in [1.82, 2.24) is 15.6 Å². The van der Waals surface area contributed by atoms with Crippen molar-refractivity contribution in [3.8, 4) is 11.1 Å². The molecule has 9 heteroatoms. The summed E-state index contributed by atoms with van der Waals surface area (Å²) in [4.78, 5) is 28.8. The minimum absolute atomic E-state index is 0.207. The summed E-state index contributed by atoms with van der Waals surface area (Å²) >= 11 is 0. The molecule has 0 unspecified atom stereocenters. The van der Waals surface area contributed by atoms with Crippen LogP contribution in [0.3, 0.4) is 0 Å². The van der Waals surface area contributed by atoms with E-state index >= 15 is 0 Å². The number of hydrogen-bond acceptors (Lipinski definition) is 5. The van der Waals surface area contributed by atoms with Gasteiger partial charge in [0.1, 0.15) is 11.9 Å². The molecule has 0 saturated carbocycles. The molecule has 1 aromatic carbocycles. The minimum atomic E-state index is -0.580. The maximum atomic E-state index is 14.7. The number of ether oxygens (including phenoxy) is 1. The molecule has 0 spiro atoms. The molecule has 2 aromatic rings. The van der Waals surface area contributed by atoms with Gasteiger partial charge in [-0.05, 0) is 37.2 Å². The third-order valence-electron chi connectivity index (χ3n) is 4.65. The van der Waals surface area contributed by atoms with Crippen molar-refractivity contribution < 1.29 is 23.1 Å². The molecular formula is C21H24F2N4O3. The molecule has 3 rings (SSSR count). The summed E-state index contributed by atoms with van der Waals surface area (Å²) in [6, 6.07) is 8.08. The Kier molecular flexibility index (Phi) is 7.29. The molecule has 0 radical (unpaired) electrons. The summed E-state index contributed by atoms with van der Waals surface area (Å²) in [6.45, 7) is 2.54. The molecule has 0 aliphatic carbocycles. The monoisotopic (exact) mass is 418 g/mol. The van der Waals surface area contributed by atoms with E-state index in [1.165, 1.54) is 17.9 Å². The quantitative estimate of drug-likeness (QED) is 0.612. The molecule has 1 aromatic heterocycles. The Morgan fingerprint density at radius 2 is 2.17 bits per heavy atom. The van der Waals surface area contributed by atoms with Gasteiger partial charge in [0, 0.05) is 30.8 Å². The summed E-state index contributed by atoms with van der Waals surface area (Å²) in [5.41, 5.74) is 2.14. The zero-order chi connectivity index (χ0) is 21.5. The molecule has 1 aliphatic heterocycles. The molecule has 1 saturated heterocycles. The van der Waals surface area contributed by atoms with Crippen molar-refractivity contribution in [2.24, 2.45) is 0 Å². The van der Waals surface area contributed by atoms with Crippen molar-refractivity contribution in [3.63, 3.8) is 0 Å². The van der Waals surface area contributed by atoms with Crippen LogP contribution in [0.4, 0.5) is 19.3 Å². The first kappa shape index (κ1) is 21.6. The highest BCUT2D eigenvalue weighted by Crippen LogP contribution is 2.28. The molecule has 2 heterocycles. The van der Waals surface area contributed by atoms with Gasteiger partial charge in [0.25, 0.3) is 0 Å². The lowest BCUT2D eigenvalue weighted by molar-refractivity contribution is -0.119. The summed E-state index contributed by atoms with van der Waals surface area (Å²) in [5.74, 6) is -0.698. The molecule has 1 fully saturated rings. The number of alkyl halides is 1. The largest absolute Gasteiger partial charge is 0.442 e. The van der Waals surface area contributed by atoms with Gasteiger partial charge in [-0.25, -0.2) is 9.18 Å². The smallest absolute Gasteiger partial charge is 0.414 e. The zero-order valence-corrected chi connectivity index (χ0v) is 16.7. The van der Waals surface area contributed by atoms with Crippen LogP contribution in [0.5, 0.6) is 0 Å². The van der Waals surface area contributed by atoms with Crippen LogP contribution in [0, 0.1) is 5.82 Å². The number of nitrogens with zero attached hydrogens (tertiary/aromatic N) is 2. The summed E-state index contributed by atoms with van der Waals surface area (Å²) in [5, 5.41) is 5.69. The number of benzene rings is 1. The lowest BCUT2D eigenvalue weighted by Crippen LogP contribution is -2.33. The second-order valence-corrected chi connectivity index (χ2v) is 6.98. The third kappa shape index (κ3) is 5.50. The number of hydrogen-bond donors (Lipinski definition) is 2. The fourth-order valence-electron chi connectivity index (χ4n) is 3.10. The average molecular weight is 418 g/mol. The van der Waals surface area contributed by atoms with Crippen LogP contribution in [-0.2, 0) is 16.1 Å². The van der Waals surface area contributed by atoms with Gasteiger partial charge >= 0.3 is 6.09 Å². The molecule has 2 amide bonds. The highest BCUT2D eigenvalue weighted by atomic mass is 19.1. The highest BCUT2D eigenvalue weighted by Gasteiger charge is 2.32. The van der Waals surface area contributed by atoms with Crippen LogP contribution in [0.2, 0.25) is 0 Å². The number of carbonyl (C=O) groups is 2. The summed E-state index contributed by atoms with van der Waals surface area (Å²) in [7, 11) is 0. The van der Waals surface area contributed by atoms with Crippen LogP contribution >= 0.6 is 0 Å². The van der Waals surface area contributed by atoms with Gasteiger partial charge in [0.05, 0.1) is 31.1 Å². The van der Waals surface area contributed by atoms with Gasteiger partial charge in [0.2, 0.25) is 5.91 Å². The Balaban J connectivity index is 1.65. The maximum absolute atomic E-state index is 14.7. The Labute approximate surface area is 173 Å². The highest BCUT2D eigenvalue weighted by molar-refractivity contribution is 5.90. The average Bonchev–Trinajstić information content (AvgIpc) is 3.11. The SMILES string of the molecule is CC(=O)NC[C@H]1CN(c2ccc(-c3ccc(CNCCCF)nc3)c(F)c2)C(=O)O1. The number of rotatable bonds is 9. The molecule has 30 heavy (non-hydrogen) atoms. The number of pyridine rings is 1. The van der Waals surface area contributed by atoms with Crippen LogP contribution in [0.1, 0.15) is 19.0 Å². The fourth-order valence-corrected chi connectivity index (χ4v) is 3.10. The summed E-state index contributed by atoms with van der Waals surface area (Å²) < 4.78 is 32.0. The normalized spacial score (nSPS) is 15.9. The van der Waals surface area contributed by atoms with Crippen molar-refractivity contribution in [3.05, 3.63) is 48.0 Å². The number of carbonyl (C=O) groups excluding carboxylic acids is 2. The first-order valence-electron chi connectivity index (χ1n) is 9.72. The van der Waals surface area contributed by atoms with Crippen molar-refractivity contribution >= 4 is 17.7 Å². The van der Waals surface area contributed by atoms with Gasteiger partial charge in [-0.15, -0.1) is 0 Å². The van der Waals surface area contributed by atoms with E-state index in [1.807, 2.05) is 0 Å². The van der Waals surface area contributed by atoms with Crippen LogP contribution in [-0.4, -0.2) is 49.4 Å². The van der Waals surface area contributed by atoms with Gasteiger partial charge in [-0.2, -0.15) is 0 Å². The number of cyclic esters (lactones) is 1. The van der Waals surface area contributed by atoms with E-state index in [0.29, 0.717) is 36.3 Å². The van der Waals surface area contributed by atoms with Gasteiger partial charge in [-0.1, -0.05) is 6.07 Å². The van der Waals surface area contributed by atoms with Crippen LogP contribution in [0.15, 0.2) is 36.5 Å². The second-order valence-electron chi connectivity index (χ2n) is 6.98. The standard InChI is InChI=1S/C21H24F2N4O3/c1-14(28)25-12-18-13-27(21(29)30-18)17-5-6-19(20(23)9-17)15-3-4-16(26-10-15)11-24-8-2-7-22/h3-6,9-10,18,24H,2,7-8,11-13H2,1H3,(H,25,28)/t18-/m0/s1. The Morgan fingerprint density at radius 1 is 1.33 bits per heavy atom. The van der Waals surface area contributed by atoms with E-state index in [9.17, 15) is 18.4 Å². The van der Waals surface area contributed by atoms with E-state index in [-0.39, 0.29) is 25.7 Å². The Hall–Kier alpha value is -3.07. The van der Waals surface area contributed by atoms with Crippen LogP contribution < -0.4 is 15.5 Å². The number of halogens is 2.